The van der Waals surface area contributed by atoms with Crippen LogP contribution < -0.4 is 5.32 Å². The van der Waals surface area contributed by atoms with Crippen LogP contribution in [0.1, 0.15) is 44.7 Å². The third-order valence-electron chi connectivity index (χ3n) is 2.36. The lowest BCUT2D eigenvalue weighted by atomic mass is 10.0. The Balaban J connectivity index is 0.00000196. The molecule has 0 heterocycles. The van der Waals surface area contributed by atoms with Gasteiger partial charge in [-0.2, -0.15) is 0 Å². The van der Waals surface area contributed by atoms with Gasteiger partial charge in [-0.05, 0) is 17.0 Å². The van der Waals surface area contributed by atoms with Crippen LogP contribution in [0.15, 0.2) is 24.3 Å². The number of rotatable bonds is 4. The van der Waals surface area contributed by atoms with Gasteiger partial charge < -0.3 is 5.32 Å². The first-order valence-electron chi connectivity index (χ1n) is 5.42. The highest BCUT2D eigenvalue weighted by Crippen LogP contribution is 2.14. The van der Waals surface area contributed by atoms with E-state index in [2.05, 4.69) is 57.3 Å². The smallest absolute Gasteiger partial charge is 0.0207 e. The summed E-state index contributed by atoms with van der Waals surface area (Å²) < 4.78 is 0. The predicted octanol–water partition coefficient (Wildman–Crippen LogP) is 3.73. The van der Waals surface area contributed by atoms with Gasteiger partial charge in [0.2, 0.25) is 0 Å². The molecule has 2 heteroatoms. The SMILES string of the molecule is CC(C)NCc1ccc(C(C)C)cc1.Cl. The second-order valence-corrected chi connectivity index (χ2v) is 4.43. The van der Waals surface area contributed by atoms with E-state index >= 15 is 0 Å². The zero-order chi connectivity index (χ0) is 10.6. The molecule has 0 aliphatic heterocycles. The normalized spacial score (nSPS) is 10.5. The van der Waals surface area contributed by atoms with Gasteiger partial charge in [0.1, 0.15) is 0 Å². The molecule has 1 nitrogen and oxygen atoms in total. The molecule has 0 aliphatic carbocycles. The van der Waals surface area contributed by atoms with Gasteiger partial charge >= 0.3 is 0 Å². The lowest BCUT2D eigenvalue weighted by Gasteiger charge is -2.09. The molecule has 1 rings (SSSR count). The van der Waals surface area contributed by atoms with E-state index in [9.17, 15) is 0 Å². The molecule has 0 saturated carbocycles. The maximum atomic E-state index is 3.41. The Morgan fingerprint density at radius 2 is 1.53 bits per heavy atom. The molecule has 0 atom stereocenters. The van der Waals surface area contributed by atoms with E-state index in [1.165, 1.54) is 11.1 Å². The molecule has 0 unspecified atom stereocenters. The Bertz CT molecular complexity index is 264. The quantitative estimate of drug-likeness (QED) is 0.827. The molecular weight excluding hydrogens is 206 g/mol. The fourth-order valence-electron chi connectivity index (χ4n) is 1.34. The van der Waals surface area contributed by atoms with E-state index in [0.29, 0.717) is 12.0 Å². The molecule has 0 saturated heterocycles. The van der Waals surface area contributed by atoms with Gasteiger partial charge in [-0.1, -0.05) is 52.0 Å². The molecule has 86 valence electrons. The summed E-state index contributed by atoms with van der Waals surface area (Å²) in [5, 5.41) is 3.41. The summed E-state index contributed by atoms with van der Waals surface area (Å²) in [6.45, 7) is 9.75. The summed E-state index contributed by atoms with van der Waals surface area (Å²) in [7, 11) is 0. The van der Waals surface area contributed by atoms with E-state index in [1.54, 1.807) is 0 Å². The van der Waals surface area contributed by atoms with E-state index < -0.39 is 0 Å². The van der Waals surface area contributed by atoms with E-state index in [-0.39, 0.29) is 12.4 Å². The second kappa shape index (κ2) is 6.86. The molecule has 0 radical (unpaired) electrons. The Kier molecular flexibility index (Phi) is 6.62. The molecule has 0 aliphatic rings. The van der Waals surface area contributed by atoms with Crippen LogP contribution in [-0.2, 0) is 6.54 Å². The maximum Gasteiger partial charge on any atom is 0.0207 e. The summed E-state index contributed by atoms with van der Waals surface area (Å²) >= 11 is 0. The van der Waals surface area contributed by atoms with Gasteiger partial charge in [0.25, 0.3) is 0 Å². The van der Waals surface area contributed by atoms with Crippen molar-refractivity contribution >= 4 is 12.4 Å². The minimum absolute atomic E-state index is 0. The van der Waals surface area contributed by atoms with Crippen molar-refractivity contribution in [3.63, 3.8) is 0 Å². The van der Waals surface area contributed by atoms with Crippen LogP contribution in [0.5, 0.6) is 0 Å². The van der Waals surface area contributed by atoms with E-state index in [0.717, 1.165) is 6.54 Å². The first-order valence-corrected chi connectivity index (χ1v) is 5.42. The van der Waals surface area contributed by atoms with Gasteiger partial charge in [-0.15, -0.1) is 12.4 Å². The number of nitrogens with one attached hydrogen (secondary N) is 1. The minimum Gasteiger partial charge on any atom is -0.310 e. The lowest BCUT2D eigenvalue weighted by Crippen LogP contribution is -2.21. The number of hydrogen-bond donors (Lipinski definition) is 1. The molecule has 0 fully saturated rings. The lowest BCUT2D eigenvalue weighted by molar-refractivity contribution is 0.588. The minimum atomic E-state index is 0. The van der Waals surface area contributed by atoms with Gasteiger partial charge in [-0.25, -0.2) is 0 Å². The monoisotopic (exact) mass is 227 g/mol. The molecule has 1 N–H and O–H groups in total. The molecule has 1 aromatic carbocycles. The Labute approximate surface area is 99.7 Å². The Morgan fingerprint density at radius 1 is 1.00 bits per heavy atom. The zero-order valence-electron chi connectivity index (χ0n) is 10.1. The highest BCUT2D eigenvalue weighted by molar-refractivity contribution is 5.85. The summed E-state index contributed by atoms with van der Waals surface area (Å²) in [5.74, 6) is 0.627. The van der Waals surface area contributed by atoms with Crippen LogP contribution in [0.25, 0.3) is 0 Å². The van der Waals surface area contributed by atoms with Crippen molar-refractivity contribution in [3.05, 3.63) is 35.4 Å². The fourth-order valence-corrected chi connectivity index (χ4v) is 1.34. The first kappa shape index (κ1) is 14.5. The molecule has 0 aromatic heterocycles. The van der Waals surface area contributed by atoms with Crippen LogP contribution in [-0.4, -0.2) is 6.04 Å². The maximum absolute atomic E-state index is 3.41. The van der Waals surface area contributed by atoms with E-state index in [1.807, 2.05) is 0 Å². The third-order valence-corrected chi connectivity index (χ3v) is 2.36. The highest BCUT2D eigenvalue weighted by atomic mass is 35.5. The topological polar surface area (TPSA) is 12.0 Å². The van der Waals surface area contributed by atoms with Crippen molar-refractivity contribution < 1.29 is 0 Å². The van der Waals surface area contributed by atoms with Crippen LogP contribution in [0.3, 0.4) is 0 Å². The standard InChI is InChI=1S/C13H21N.ClH/c1-10(2)13-7-5-12(6-8-13)9-14-11(3)4;/h5-8,10-11,14H,9H2,1-4H3;1H. The van der Waals surface area contributed by atoms with Crippen molar-refractivity contribution in [2.24, 2.45) is 0 Å². The van der Waals surface area contributed by atoms with Gasteiger partial charge in [0, 0.05) is 12.6 Å². The van der Waals surface area contributed by atoms with Crippen molar-refractivity contribution in [2.75, 3.05) is 0 Å². The largest absolute Gasteiger partial charge is 0.310 e. The Morgan fingerprint density at radius 3 is 1.93 bits per heavy atom. The van der Waals surface area contributed by atoms with E-state index in [4.69, 9.17) is 0 Å². The van der Waals surface area contributed by atoms with Crippen LogP contribution in [0.4, 0.5) is 0 Å². The fraction of sp³-hybridized carbons (Fsp3) is 0.538. The molecule has 0 amide bonds. The summed E-state index contributed by atoms with van der Waals surface area (Å²) in [5.41, 5.74) is 2.78. The Hall–Kier alpha value is -0.530. The van der Waals surface area contributed by atoms with Crippen molar-refractivity contribution in [2.45, 2.75) is 46.2 Å². The third kappa shape index (κ3) is 5.19. The number of hydrogen-bond acceptors (Lipinski definition) is 1. The first-order chi connectivity index (χ1) is 6.59. The average Bonchev–Trinajstić information content (AvgIpc) is 2.15. The molecule has 0 spiro atoms. The highest BCUT2D eigenvalue weighted by Gasteiger charge is 1.99. The predicted molar refractivity (Wildman–Crippen MR) is 69.8 cm³/mol. The van der Waals surface area contributed by atoms with Gasteiger partial charge in [0.15, 0.2) is 0 Å². The van der Waals surface area contributed by atoms with Gasteiger partial charge in [0.05, 0.1) is 0 Å². The van der Waals surface area contributed by atoms with Crippen LogP contribution >= 0.6 is 12.4 Å². The van der Waals surface area contributed by atoms with Crippen molar-refractivity contribution in [1.29, 1.82) is 0 Å². The summed E-state index contributed by atoms with van der Waals surface area (Å²) in [6, 6.07) is 9.43. The van der Waals surface area contributed by atoms with Crippen molar-refractivity contribution in [1.82, 2.24) is 5.32 Å². The van der Waals surface area contributed by atoms with Crippen LogP contribution in [0.2, 0.25) is 0 Å². The number of halogens is 1. The molecular formula is C13H22ClN. The van der Waals surface area contributed by atoms with Crippen molar-refractivity contribution in [3.8, 4) is 0 Å². The summed E-state index contributed by atoms with van der Waals surface area (Å²) in [4.78, 5) is 0. The van der Waals surface area contributed by atoms with Crippen LogP contribution in [0, 0.1) is 0 Å². The average molecular weight is 228 g/mol. The van der Waals surface area contributed by atoms with Gasteiger partial charge in [-0.3, -0.25) is 0 Å². The number of benzene rings is 1. The molecule has 0 bridgehead atoms. The zero-order valence-corrected chi connectivity index (χ0v) is 10.9. The molecule has 15 heavy (non-hydrogen) atoms. The summed E-state index contributed by atoms with van der Waals surface area (Å²) in [6.07, 6.45) is 0. The second-order valence-electron chi connectivity index (χ2n) is 4.43. The molecule has 1 aromatic rings.